The molecule has 126 valence electrons. The number of aromatic nitrogens is 1. The van der Waals surface area contributed by atoms with E-state index < -0.39 is 0 Å². The lowest BCUT2D eigenvalue weighted by molar-refractivity contribution is -0.122. The number of rotatable bonds is 6. The number of aryl methyl sites for hydroxylation is 1. The van der Waals surface area contributed by atoms with E-state index in [1.165, 1.54) is 4.57 Å². The highest BCUT2D eigenvalue weighted by atomic mass is 16.2. The number of hydrogen-bond acceptors (Lipinski definition) is 3. The van der Waals surface area contributed by atoms with E-state index in [-0.39, 0.29) is 35.6 Å². The van der Waals surface area contributed by atoms with Crippen molar-refractivity contribution in [3.05, 3.63) is 28.2 Å². The van der Waals surface area contributed by atoms with Gasteiger partial charge in [0.05, 0.1) is 0 Å². The molecule has 0 saturated heterocycles. The van der Waals surface area contributed by atoms with Crippen LogP contribution in [0.3, 0.4) is 0 Å². The molecular formula is C17H25N3O3. The molecule has 1 fully saturated rings. The summed E-state index contributed by atoms with van der Waals surface area (Å²) in [5.74, 6) is -0.338. The Balaban J connectivity index is 2.09. The number of nitrogens with one attached hydrogen (secondary N) is 2. The van der Waals surface area contributed by atoms with Crippen LogP contribution in [0.4, 0.5) is 5.69 Å². The molecule has 0 bridgehead atoms. The van der Waals surface area contributed by atoms with Crippen molar-refractivity contribution in [2.45, 2.75) is 65.0 Å². The lowest BCUT2D eigenvalue weighted by Gasteiger charge is -2.15. The average Bonchev–Trinajstić information content (AvgIpc) is 2.99. The third-order valence-electron chi connectivity index (χ3n) is 4.17. The number of nitrogens with zero attached hydrogens (tertiary/aromatic N) is 1. The van der Waals surface area contributed by atoms with Crippen molar-refractivity contribution in [3.8, 4) is 0 Å². The van der Waals surface area contributed by atoms with Gasteiger partial charge in [0, 0.05) is 18.2 Å². The Kier molecular flexibility index (Phi) is 5.96. The van der Waals surface area contributed by atoms with Gasteiger partial charge in [0.15, 0.2) is 0 Å². The van der Waals surface area contributed by atoms with Gasteiger partial charge in [-0.2, -0.15) is 0 Å². The van der Waals surface area contributed by atoms with Gasteiger partial charge in [-0.3, -0.25) is 14.4 Å². The van der Waals surface area contributed by atoms with Crippen LogP contribution < -0.4 is 16.2 Å². The van der Waals surface area contributed by atoms with Crippen molar-refractivity contribution in [3.63, 3.8) is 0 Å². The van der Waals surface area contributed by atoms with E-state index in [1.54, 1.807) is 19.1 Å². The Labute approximate surface area is 136 Å². The highest BCUT2D eigenvalue weighted by Gasteiger charge is 2.18. The predicted octanol–water partition coefficient (Wildman–Crippen LogP) is 1.95. The topological polar surface area (TPSA) is 80.2 Å². The van der Waals surface area contributed by atoms with Crippen molar-refractivity contribution in [2.24, 2.45) is 0 Å². The molecule has 0 aliphatic heterocycles. The van der Waals surface area contributed by atoms with Gasteiger partial charge in [0.25, 0.3) is 5.56 Å². The fourth-order valence-electron chi connectivity index (χ4n) is 2.89. The second-order valence-corrected chi connectivity index (χ2v) is 6.13. The van der Waals surface area contributed by atoms with Gasteiger partial charge in [-0.1, -0.05) is 19.8 Å². The van der Waals surface area contributed by atoms with Crippen molar-refractivity contribution in [1.29, 1.82) is 0 Å². The Bertz CT molecular complexity index is 630. The van der Waals surface area contributed by atoms with E-state index in [0.717, 1.165) is 32.1 Å². The molecule has 2 amide bonds. The first-order valence-electron chi connectivity index (χ1n) is 8.31. The number of carbonyl (C=O) groups excluding carboxylic acids is 2. The molecule has 0 atom stereocenters. The van der Waals surface area contributed by atoms with Gasteiger partial charge in [-0.25, -0.2) is 0 Å². The van der Waals surface area contributed by atoms with Crippen LogP contribution in [0.25, 0.3) is 0 Å². The molecule has 6 nitrogen and oxygen atoms in total. The van der Waals surface area contributed by atoms with Gasteiger partial charge >= 0.3 is 0 Å². The SMILES string of the molecule is CCCC(=O)Nc1ccc(C)n(CC(=O)NC2CCCC2)c1=O. The molecule has 0 spiro atoms. The predicted molar refractivity (Wildman–Crippen MR) is 89.4 cm³/mol. The lowest BCUT2D eigenvalue weighted by atomic mass is 10.2. The van der Waals surface area contributed by atoms with Crippen LogP contribution in [-0.2, 0) is 16.1 Å². The monoisotopic (exact) mass is 319 g/mol. The van der Waals surface area contributed by atoms with E-state index >= 15 is 0 Å². The van der Waals surface area contributed by atoms with Crippen LogP contribution in [-0.4, -0.2) is 22.4 Å². The fraction of sp³-hybridized carbons (Fsp3) is 0.588. The van der Waals surface area contributed by atoms with Crippen LogP contribution in [0, 0.1) is 6.92 Å². The molecule has 0 unspecified atom stereocenters. The van der Waals surface area contributed by atoms with Gasteiger partial charge in [0.2, 0.25) is 11.8 Å². The van der Waals surface area contributed by atoms with Crippen LogP contribution in [0.1, 0.15) is 51.1 Å². The summed E-state index contributed by atoms with van der Waals surface area (Å²) in [4.78, 5) is 36.3. The highest BCUT2D eigenvalue weighted by molar-refractivity contribution is 5.90. The number of pyridine rings is 1. The maximum Gasteiger partial charge on any atom is 0.274 e. The van der Waals surface area contributed by atoms with Gasteiger partial charge in [-0.05, 0) is 38.3 Å². The van der Waals surface area contributed by atoms with Crippen LogP contribution in [0.15, 0.2) is 16.9 Å². The molecule has 2 rings (SSSR count). The quantitative estimate of drug-likeness (QED) is 0.841. The number of hydrogen-bond donors (Lipinski definition) is 2. The maximum atomic E-state index is 12.5. The van der Waals surface area contributed by atoms with Crippen LogP contribution in [0.2, 0.25) is 0 Å². The second-order valence-electron chi connectivity index (χ2n) is 6.13. The summed E-state index contributed by atoms with van der Waals surface area (Å²) >= 11 is 0. The summed E-state index contributed by atoms with van der Waals surface area (Å²) in [6.07, 6.45) is 5.39. The first kappa shape index (κ1) is 17.2. The third kappa shape index (κ3) is 4.68. The molecule has 1 heterocycles. The second kappa shape index (κ2) is 7.94. The number of anilines is 1. The Morgan fingerprint density at radius 2 is 1.91 bits per heavy atom. The molecule has 1 saturated carbocycles. The zero-order valence-corrected chi connectivity index (χ0v) is 13.9. The minimum atomic E-state index is -0.337. The minimum absolute atomic E-state index is 0.0152. The molecular weight excluding hydrogens is 294 g/mol. The molecule has 1 aromatic rings. The van der Waals surface area contributed by atoms with Crippen molar-refractivity contribution >= 4 is 17.5 Å². The Morgan fingerprint density at radius 1 is 1.22 bits per heavy atom. The summed E-state index contributed by atoms with van der Waals surface area (Å²) in [5.41, 5.74) is 0.587. The van der Waals surface area contributed by atoms with Crippen LogP contribution >= 0.6 is 0 Å². The standard InChI is InChI=1S/C17H25N3O3/c1-3-6-15(21)19-14-10-9-12(2)20(17(14)23)11-16(22)18-13-7-4-5-8-13/h9-10,13H,3-8,11H2,1-2H3,(H,18,22)(H,19,21). The van der Waals surface area contributed by atoms with Gasteiger partial charge in [-0.15, -0.1) is 0 Å². The summed E-state index contributed by atoms with van der Waals surface area (Å²) in [5, 5.41) is 5.60. The molecule has 2 N–H and O–H groups in total. The van der Waals surface area contributed by atoms with E-state index in [4.69, 9.17) is 0 Å². The minimum Gasteiger partial charge on any atom is -0.352 e. The molecule has 1 aromatic heterocycles. The average molecular weight is 319 g/mol. The molecule has 6 heteroatoms. The van der Waals surface area contributed by atoms with Crippen LogP contribution in [0.5, 0.6) is 0 Å². The zero-order chi connectivity index (χ0) is 16.8. The van der Waals surface area contributed by atoms with Crippen molar-refractivity contribution in [2.75, 3.05) is 5.32 Å². The summed E-state index contributed by atoms with van der Waals surface area (Å²) < 4.78 is 1.41. The Morgan fingerprint density at radius 3 is 2.57 bits per heavy atom. The molecule has 0 radical (unpaired) electrons. The summed E-state index contributed by atoms with van der Waals surface area (Å²) in [6.45, 7) is 3.67. The first-order valence-corrected chi connectivity index (χ1v) is 8.31. The summed E-state index contributed by atoms with van der Waals surface area (Å²) in [7, 11) is 0. The fourth-order valence-corrected chi connectivity index (χ4v) is 2.89. The van der Waals surface area contributed by atoms with E-state index in [2.05, 4.69) is 10.6 Å². The Hall–Kier alpha value is -2.11. The van der Waals surface area contributed by atoms with Gasteiger partial charge < -0.3 is 15.2 Å². The van der Waals surface area contributed by atoms with E-state index in [0.29, 0.717) is 12.1 Å². The lowest BCUT2D eigenvalue weighted by Crippen LogP contribution is -2.38. The zero-order valence-electron chi connectivity index (χ0n) is 13.9. The maximum absolute atomic E-state index is 12.5. The number of amides is 2. The highest BCUT2D eigenvalue weighted by Crippen LogP contribution is 2.17. The largest absolute Gasteiger partial charge is 0.352 e. The van der Waals surface area contributed by atoms with Crippen molar-refractivity contribution < 1.29 is 9.59 Å². The molecule has 1 aliphatic rings. The molecule has 23 heavy (non-hydrogen) atoms. The van der Waals surface area contributed by atoms with Gasteiger partial charge in [0.1, 0.15) is 12.2 Å². The third-order valence-corrected chi connectivity index (χ3v) is 4.17. The summed E-state index contributed by atoms with van der Waals surface area (Å²) in [6, 6.07) is 3.56. The van der Waals surface area contributed by atoms with E-state index in [1.807, 2.05) is 6.92 Å². The number of carbonyl (C=O) groups is 2. The molecule has 1 aliphatic carbocycles. The smallest absolute Gasteiger partial charge is 0.274 e. The molecule has 0 aromatic carbocycles. The normalized spacial score (nSPS) is 14.7. The first-order chi connectivity index (χ1) is 11.0. The van der Waals surface area contributed by atoms with E-state index in [9.17, 15) is 14.4 Å². The van der Waals surface area contributed by atoms with Crippen molar-refractivity contribution in [1.82, 2.24) is 9.88 Å².